The number of nitro groups is 1. The molecule has 1 heterocycles. The lowest BCUT2D eigenvalue weighted by molar-refractivity contribution is -0.385. The van der Waals surface area contributed by atoms with Crippen molar-refractivity contribution in [1.29, 1.82) is 0 Å². The number of rotatable bonds is 8. The second-order valence-corrected chi connectivity index (χ2v) is 8.45. The van der Waals surface area contributed by atoms with E-state index >= 15 is 0 Å². The molecular weight excluding hydrogens is 466 g/mol. The number of thioether (sulfide) groups is 1. The Balaban J connectivity index is 1.56. The monoisotopic (exact) mass is 479 g/mol. The fourth-order valence-electron chi connectivity index (χ4n) is 2.33. The van der Waals surface area contributed by atoms with Crippen LogP contribution in [0.4, 0.5) is 16.5 Å². The number of benzene rings is 2. The van der Waals surface area contributed by atoms with Crippen molar-refractivity contribution in [1.82, 2.24) is 10.2 Å². The van der Waals surface area contributed by atoms with Gasteiger partial charge in [0.05, 0.1) is 17.8 Å². The number of hydrogen-bond acceptors (Lipinski definition) is 9. The van der Waals surface area contributed by atoms with Crippen LogP contribution >= 0.6 is 34.7 Å². The van der Waals surface area contributed by atoms with Gasteiger partial charge in [0, 0.05) is 16.8 Å². The van der Waals surface area contributed by atoms with Crippen molar-refractivity contribution in [3.8, 4) is 5.75 Å². The molecule has 0 atom stereocenters. The van der Waals surface area contributed by atoms with E-state index in [2.05, 4.69) is 20.8 Å². The van der Waals surface area contributed by atoms with Crippen LogP contribution in [-0.2, 0) is 4.79 Å². The van der Waals surface area contributed by atoms with Crippen LogP contribution in [0.5, 0.6) is 5.75 Å². The molecule has 0 saturated carbocycles. The molecule has 31 heavy (non-hydrogen) atoms. The van der Waals surface area contributed by atoms with Crippen molar-refractivity contribution >= 4 is 63.0 Å². The number of carbonyl (C=O) groups is 2. The highest BCUT2D eigenvalue weighted by molar-refractivity contribution is 8.01. The molecule has 1 aromatic heterocycles. The lowest BCUT2D eigenvalue weighted by atomic mass is 10.1. The van der Waals surface area contributed by atoms with E-state index in [0.717, 1.165) is 29.2 Å². The third kappa shape index (κ3) is 6.13. The van der Waals surface area contributed by atoms with Crippen LogP contribution in [0.1, 0.15) is 10.4 Å². The van der Waals surface area contributed by atoms with Crippen LogP contribution in [0.25, 0.3) is 0 Å². The van der Waals surface area contributed by atoms with Crippen molar-refractivity contribution < 1.29 is 19.2 Å². The molecule has 2 amide bonds. The quantitative estimate of drug-likeness (QED) is 0.213. The van der Waals surface area contributed by atoms with Gasteiger partial charge in [-0.3, -0.25) is 25.0 Å². The van der Waals surface area contributed by atoms with E-state index in [1.54, 1.807) is 31.4 Å². The number of nitro benzene ring substituents is 1. The fraction of sp³-hybridized carbons (Fsp3) is 0.111. The van der Waals surface area contributed by atoms with Crippen molar-refractivity contribution in [2.75, 3.05) is 23.5 Å². The van der Waals surface area contributed by atoms with E-state index in [1.807, 2.05) is 0 Å². The fourth-order valence-corrected chi connectivity index (χ4v) is 4.05. The summed E-state index contributed by atoms with van der Waals surface area (Å²) in [5.41, 5.74) is 0.0525. The van der Waals surface area contributed by atoms with Crippen molar-refractivity contribution in [3.63, 3.8) is 0 Å². The standard InChI is InChI=1S/C18H14ClN5O5S2/c1-29-12-5-3-11(4-6-12)20-15(25)9-30-18-23-22-17(31-18)21-16(26)13-8-10(19)2-7-14(13)24(27)28/h2-8H,9H2,1H3,(H,20,25)(H,21,22,26). The van der Waals surface area contributed by atoms with E-state index in [1.165, 1.54) is 12.1 Å². The smallest absolute Gasteiger partial charge is 0.282 e. The molecule has 0 aliphatic rings. The van der Waals surface area contributed by atoms with Gasteiger partial charge in [0.2, 0.25) is 11.0 Å². The summed E-state index contributed by atoms with van der Waals surface area (Å²) in [5.74, 6) is -0.224. The van der Waals surface area contributed by atoms with Crippen molar-refractivity contribution in [2.24, 2.45) is 0 Å². The molecule has 2 aromatic carbocycles. The van der Waals surface area contributed by atoms with E-state index < -0.39 is 10.8 Å². The molecule has 3 rings (SSSR count). The first-order valence-corrected chi connectivity index (χ1v) is 10.7. The Morgan fingerprint density at radius 2 is 1.94 bits per heavy atom. The van der Waals surface area contributed by atoms with Gasteiger partial charge in [0.15, 0.2) is 4.34 Å². The second-order valence-electron chi connectivity index (χ2n) is 5.81. The summed E-state index contributed by atoms with van der Waals surface area (Å²) < 4.78 is 5.51. The second kappa shape index (κ2) is 10.2. The topological polar surface area (TPSA) is 136 Å². The van der Waals surface area contributed by atoms with E-state index in [-0.39, 0.29) is 33.1 Å². The number of hydrogen-bond donors (Lipinski definition) is 2. The van der Waals surface area contributed by atoms with Gasteiger partial charge in [-0.25, -0.2) is 0 Å². The molecule has 0 aliphatic heterocycles. The van der Waals surface area contributed by atoms with E-state index in [0.29, 0.717) is 15.8 Å². The Labute approximate surface area is 189 Å². The number of anilines is 2. The summed E-state index contributed by atoms with van der Waals surface area (Å²) >= 11 is 8.02. The van der Waals surface area contributed by atoms with Crippen molar-refractivity contribution in [3.05, 3.63) is 63.2 Å². The lowest BCUT2D eigenvalue weighted by Crippen LogP contribution is -2.13. The number of aromatic nitrogens is 2. The highest BCUT2D eigenvalue weighted by Gasteiger charge is 2.22. The number of amides is 2. The van der Waals surface area contributed by atoms with Crippen LogP contribution in [0, 0.1) is 10.1 Å². The zero-order chi connectivity index (χ0) is 22.4. The number of methoxy groups -OCH3 is 1. The minimum Gasteiger partial charge on any atom is -0.497 e. The Hall–Kier alpha value is -3.22. The zero-order valence-electron chi connectivity index (χ0n) is 15.8. The molecular formula is C18H14ClN5O5S2. The third-order valence-corrected chi connectivity index (χ3v) is 5.93. The Morgan fingerprint density at radius 3 is 2.61 bits per heavy atom. The number of carbonyl (C=O) groups excluding carboxylic acids is 2. The predicted molar refractivity (Wildman–Crippen MR) is 118 cm³/mol. The maximum absolute atomic E-state index is 12.4. The van der Waals surface area contributed by atoms with Gasteiger partial charge in [-0.15, -0.1) is 10.2 Å². The lowest BCUT2D eigenvalue weighted by Gasteiger charge is -2.05. The first-order chi connectivity index (χ1) is 14.9. The molecule has 0 saturated heterocycles. The highest BCUT2D eigenvalue weighted by atomic mass is 35.5. The molecule has 160 valence electrons. The van der Waals surface area contributed by atoms with Crippen LogP contribution in [0.15, 0.2) is 46.8 Å². The molecule has 0 bridgehead atoms. The van der Waals surface area contributed by atoms with Gasteiger partial charge in [0.1, 0.15) is 11.3 Å². The maximum Gasteiger partial charge on any atom is 0.282 e. The average Bonchev–Trinajstić information content (AvgIpc) is 3.19. The Bertz CT molecular complexity index is 1120. The molecule has 0 fully saturated rings. The minimum absolute atomic E-state index is 0.0778. The average molecular weight is 480 g/mol. The highest BCUT2D eigenvalue weighted by Crippen LogP contribution is 2.28. The summed E-state index contributed by atoms with van der Waals surface area (Å²) in [6.07, 6.45) is 0. The normalized spacial score (nSPS) is 10.4. The predicted octanol–water partition coefficient (Wildman–Crippen LogP) is 4.09. The first-order valence-electron chi connectivity index (χ1n) is 8.51. The number of nitrogens with zero attached hydrogens (tertiary/aromatic N) is 3. The van der Waals surface area contributed by atoms with E-state index in [4.69, 9.17) is 16.3 Å². The molecule has 0 unspecified atom stereocenters. The molecule has 13 heteroatoms. The molecule has 2 N–H and O–H groups in total. The summed E-state index contributed by atoms with van der Waals surface area (Å²) in [7, 11) is 1.55. The van der Waals surface area contributed by atoms with Gasteiger partial charge in [-0.1, -0.05) is 34.7 Å². The summed E-state index contributed by atoms with van der Waals surface area (Å²) in [5, 5.41) is 24.4. The summed E-state index contributed by atoms with van der Waals surface area (Å²) in [6.45, 7) is 0. The largest absolute Gasteiger partial charge is 0.497 e. The van der Waals surface area contributed by atoms with Crippen LogP contribution < -0.4 is 15.4 Å². The third-order valence-electron chi connectivity index (χ3n) is 3.73. The van der Waals surface area contributed by atoms with Gasteiger partial charge >= 0.3 is 0 Å². The Kier molecular flexibility index (Phi) is 7.39. The zero-order valence-corrected chi connectivity index (χ0v) is 18.2. The number of nitrogens with one attached hydrogen (secondary N) is 2. The van der Waals surface area contributed by atoms with Gasteiger partial charge in [-0.05, 0) is 36.4 Å². The maximum atomic E-state index is 12.4. The van der Waals surface area contributed by atoms with Gasteiger partial charge in [-0.2, -0.15) is 0 Å². The summed E-state index contributed by atoms with van der Waals surface area (Å²) in [6, 6.07) is 10.6. The van der Waals surface area contributed by atoms with Gasteiger partial charge in [0.25, 0.3) is 11.6 Å². The first kappa shape index (κ1) is 22.5. The molecule has 0 radical (unpaired) electrons. The number of ether oxygens (including phenoxy) is 1. The van der Waals surface area contributed by atoms with Gasteiger partial charge < -0.3 is 10.1 Å². The summed E-state index contributed by atoms with van der Waals surface area (Å²) in [4.78, 5) is 34.9. The molecule has 3 aromatic rings. The van der Waals surface area contributed by atoms with Crippen molar-refractivity contribution in [2.45, 2.75) is 4.34 Å². The van der Waals surface area contributed by atoms with Crippen LogP contribution in [0.3, 0.4) is 0 Å². The van der Waals surface area contributed by atoms with Crippen LogP contribution in [-0.4, -0.2) is 39.8 Å². The van der Waals surface area contributed by atoms with Crippen LogP contribution in [0.2, 0.25) is 5.02 Å². The molecule has 0 spiro atoms. The molecule has 0 aliphatic carbocycles. The molecule has 10 nitrogen and oxygen atoms in total. The SMILES string of the molecule is COc1ccc(NC(=O)CSc2nnc(NC(=O)c3cc(Cl)ccc3[N+](=O)[O-])s2)cc1. The van der Waals surface area contributed by atoms with E-state index in [9.17, 15) is 19.7 Å². The number of halogens is 1. The Morgan fingerprint density at radius 1 is 1.19 bits per heavy atom. The minimum atomic E-state index is -0.737.